The second-order valence-electron chi connectivity index (χ2n) is 7.46. The van der Waals surface area contributed by atoms with Crippen molar-refractivity contribution < 1.29 is 98.4 Å². The number of carboxylic acids is 2. The Morgan fingerprint density at radius 1 is 1.14 bits per heavy atom. The van der Waals surface area contributed by atoms with E-state index in [4.69, 9.17) is 0 Å². The van der Waals surface area contributed by atoms with Gasteiger partial charge in [-0.2, -0.15) is 0 Å². The van der Waals surface area contributed by atoms with Crippen molar-refractivity contribution in [1.29, 1.82) is 0 Å². The molecule has 0 spiro atoms. The number of aliphatic carboxylic acids is 2. The van der Waals surface area contributed by atoms with Crippen LogP contribution in [0.2, 0.25) is 0 Å². The molecule has 1 saturated heterocycles. The van der Waals surface area contributed by atoms with Crippen LogP contribution < -0.4 is 80.0 Å². The van der Waals surface area contributed by atoms with E-state index in [0.717, 1.165) is 4.90 Å². The molecule has 1 aromatic rings. The van der Waals surface area contributed by atoms with E-state index in [-0.39, 0.29) is 101 Å². The van der Waals surface area contributed by atoms with Crippen molar-refractivity contribution in [1.82, 2.24) is 15.5 Å². The van der Waals surface area contributed by atoms with Crippen LogP contribution >= 0.6 is 11.8 Å². The number of carbonyl (C=O) groups excluding carboxylic acids is 5. The zero-order valence-electron chi connectivity index (χ0n) is 19.3. The molecule has 0 bridgehead atoms. The number of hydrogen-bond acceptors (Lipinski definition) is 9. The average molecular weight is 521 g/mol. The van der Waals surface area contributed by atoms with Gasteiger partial charge in [-0.25, -0.2) is 0 Å². The molecule has 0 saturated carbocycles. The molecule has 14 heteroatoms. The quantitative estimate of drug-likeness (QED) is 0.199. The first kappa shape index (κ1) is 31.6. The van der Waals surface area contributed by atoms with Gasteiger partial charge >= 0.3 is 59.1 Å². The van der Waals surface area contributed by atoms with Crippen LogP contribution in [0.3, 0.4) is 0 Å². The molecular weight excluding hydrogens is 500 g/mol. The van der Waals surface area contributed by atoms with Gasteiger partial charge in [-0.05, 0) is 30.5 Å². The summed E-state index contributed by atoms with van der Waals surface area (Å²) in [6.45, 7) is -0.524. The minimum atomic E-state index is -1.58. The zero-order chi connectivity index (χ0) is 24.1. The van der Waals surface area contributed by atoms with E-state index in [0.29, 0.717) is 0 Å². The summed E-state index contributed by atoms with van der Waals surface area (Å²) in [6, 6.07) is 5.81. The molecule has 2 aliphatic heterocycles. The second-order valence-corrected chi connectivity index (χ2v) is 8.56. The number of thioether (sulfide) groups is 1. The van der Waals surface area contributed by atoms with E-state index in [1.807, 2.05) is 0 Å². The first-order valence-corrected chi connectivity index (χ1v) is 11.1. The Morgan fingerprint density at radius 2 is 1.80 bits per heavy atom. The smallest absolute Gasteiger partial charge is 0.548 e. The van der Waals surface area contributed by atoms with Crippen LogP contribution in [0.5, 0.6) is 0 Å². The van der Waals surface area contributed by atoms with Crippen LogP contribution in [0.25, 0.3) is 0 Å². The topological polar surface area (TPSA) is 179 Å². The Bertz CT molecular complexity index is 1010. The molecule has 2 heterocycles. The van der Waals surface area contributed by atoms with Gasteiger partial charge in [-0.1, -0.05) is 18.2 Å². The number of aliphatic hydroxyl groups is 1. The second kappa shape index (κ2) is 14.4. The third-order valence-corrected chi connectivity index (χ3v) is 6.61. The molecule has 0 aromatic heterocycles. The van der Waals surface area contributed by atoms with Gasteiger partial charge in [0.05, 0.1) is 30.3 Å². The molecule has 35 heavy (non-hydrogen) atoms. The van der Waals surface area contributed by atoms with E-state index < -0.39 is 53.7 Å². The number of nitrogens with one attached hydrogen (secondary N) is 2. The Hall–Kier alpha value is -1.38. The fraction of sp³-hybridized carbons (Fsp3) is 0.381. The number of β-lactam (4-membered cyclic amide) rings is 1. The number of aliphatic hydroxyl groups excluding tert-OH is 1. The van der Waals surface area contributed by atoms with E-state index in [9.17, 15) is 39.3 Å². The molecule has 3 rings (SSSR count). The molecule has 3 atom stereocenters. The molecule has 1 unspecified atom stereocenters. The van der Waals surface area contributed by atoms with Gasteiger partial charge < -0.3 is 35.5 Å². The number of carboxylic acid groups (broad SMARTS) is 2. The van der Waals surface area contributed by atoms with Gasteiger partial charge in [0, 0.05) is 17.7 Å². The third kappa shape index (κ3) is 7.56. The number of rotatable bonds is 10. The molecule has 3 amide bonds. The van der Waals surface area contributed by atoms with Crippen LogP contribution in [-0.4, -0.2) is 69.5 Å². The van der Waals surface area contributed by atoms with E-state index in [2.05, 4.69) is 10.6 Å². The van der Waals surface area contributed by atoms with Crippen LogP contribution in [0.4, 0.5) is 0 Å². The van der Waals surface area contributed by atoms with Crippen LogP contribution in [0.1, 0.15) is 29.6 Å². The van der Waals surface area contributed by atoms with Crippen molar-refractivity contribution in [3.05, 3.63) is 47.2 Å². The first-order valence-electron chi connectivity index (χ1n) is 10.1. The van der Waals surface area contributed by atoms with Gasteiger partial charge in [-0.15, -0.1) is 11.8 Å². The van der Waals surface area contributed by atoms with Gasteiger partial charge in [0.2, 0.25) is 5.91 Å². The SMILES string of the molecule is O=C(CCCC(NC(=O)c1ccccc1)C(=O)[O-])N[C@@H]1C(=O)N2C(C(=O)[O-])=C(CO)CS[C@@H]12.[Na+].[Na+]. The third-order valence-electron chi connectivity index (χ3n) is 5.27. The van der Waals surface area contributed by atoms with Gasteiger partial charge in [0.25, 0.3) is 11.8 Å². The van der Waals surface area contributed by atoms with Gasteiger partial charge in [0.1, 0.15) is 11.4 Å². The molecule has 0 radical (unpaired) electrons. The summed E-state index contributed by atoms with van der Waals surface area (Å²) in [5.41, 5.74) is 0.0804. The summed E-state index contributed by atoms with van der Waals surface area (Å²) >= 11 is 1.21. The maximum Gasteiger partial charge on any atom is 1.00 e. The van der Waals surface area contributed by atoms with Crippen molar-refractivity contribution in [3.63, 3.8) is 0 Å². The van der Waals surface area contributed by atoms with Crippen molar-refractivity contribution in [3.8, 4) is 0 Å². The molecular formula is C21H21N3Na2O8S. The minimum absolute atomic E-state index is 0. The number of hydrogen-bond donors (Lipinski definition) is 3. The maximum atomic E-state index is 12.4. The summed E-state index contributed by atoms with van der Waals surface area (Å²) in [7, 11) is 0. The summed E-state index contributed by atoms with van der Waals surface area (Å²) in [4.78, 5) is 60.5. The predicted octanol–water partition coefficient (Wildman–Crippen LogP) is -8.89. The fourth-order valence-corrected chi connectivity index (χ4v) is 4.92. The van der Waals surface area contributed by atoms with Gasteiger partial charge in [-0.3, -0.25) is 19.3 Å². The number of nitrogens with zero attached hydrogens (tertiary/aromatic N) is 1. The summed E-state index contributed by atoms with van der Waals surface area (Å²) in [6.07, 6.45) is -0.0766. The minimum Gasteiger partial charge on any atom is -0.548 e. The Kier molecular flexibility index (Phi) is 13.0. The summed E-state index contributed by atoms with van der Waals surface area (Å²) in [5, 5.41) is 36.3. The normalized spacial score (nSPS) is 19.2. The molecule has 3 N–H and O–H groups in total. The van der Waals surface area contributed by atoms with Gasteiger partial charge in [0.15, 0.2) is 0 Å². The predicted molar refractivity (Wildman–Crippen MR) is 111 cm³/mol. The summed E-state index contributed by atoms with van der Waals surface area (Å²) in [5.74, 6) is -4.62. The monoisotopic (exact) mass is 521 g/mol. The number of amides is 3. The van der Waals surface area contributed by atoms with Crippen LogP contribution in [0.15, 0.2) is 41.6 Å². The first-order chi connectivity index (χ1) is 15.7. The van der Waals surface area contributed by atoms with E-state index in [1.165, 1.54) is 23.9 Å². The van der Waals surface area contributed by atoms with E-state index in [1.54, 1.807) is 18.2 Å². The van der Waals surface area contributed by atoms with E-state index >= 15 is 0 Å². The largest absolute Gasteiger partial charge is 1.00 e. The Balaban J connectivity index is 0.00000306. The van der Waals surface area contributed by atoms with Crippen molar-refractivity contribution >= 4 is 41.4 Å². The van der Waals surface area contributed by atoms with Crippen molar-refractivity contribution in [2.24, 2.45) is 0 Å². The average Bonchev–Trinajstić information content (AvgIpc) is 2.80. The summed E-state index contributed by atoms with van der Waals surface area (Å²) < 4.78 is 0. The maximum absolute atomic E-state index is 12.4. The molecule has 2 aliphatic rings. The van der Waals surface area contributed by atoms with Crippen molar-refractivity contribution in [2.45, 2.75) is 36.7 Å². The fourth-order valence-electron chi connectivity index (χ4n) is 3.59. The molecule has 0 aliphatic carbocycles. The van der Waals surface area contributed by atoms with Crippen LogP contribution in [-0.2, 0) is 19.2 Å². The number of benzene rings is 1. The zero-order valence-corrected chi connectivity index (χ0v) is 24.1. The molecule has 1 aromatic carbocycles. The Morgan fingerprint density at radius 3 is 2.37 bits per heavy atom. The Labute approximate surface area is 249 Å². The molecule has 11 nitrogen and oxygen atoms in total. The van der Waals surface area contributed by atoms with Crippen LogP contribution in [0, 0.1) is 0 Å². The number of fused-ring (bicyclic) bond motifs is 1. The number of carbonyl (C=O) groups is 5. The molecule has 1 fully saturated rings. The standard InChI is InChI=1S/C21H23N3O8S.2Na/c25-9-12-10-33-19-15(18(28)24(19)16(12)21(31)32)23-14(26)8-4-7-13(20(29)30)22-17(27)11-5-2-1-3-6-11;;/h1-3,5-6,13,15,19,25H,4,7-10H2,(H,22,27)(H,23,26)(H,29,30)(H,31,32);;/q;2*+1/p-2/t13?,15-,19+;;/m1../s1. The van der Waals surface area contributed by atoms with Crippen molar-refractivity contribution in [2.75, 3.05) is 12.4 Å². The molecule has 176 valence electrons.